The predicted molar refractivity (Wildman–Crippen MR) is 84.0 cm³/mol. The zero-order chi connectivity index (χ0) is 15.6. The Bertz CT molecular complexity index is 588. The zero-order valence-corrected chi connectivity index (χ0v) is 12.9. The Balaban J connectivity index is 1.77. The van der Waals surface area contributed by atoms with Gasteiger partial charge in [0.15, 0.2) is 0 Å². The molecule has 1 aromatic rings. The number of rotatable bonds is 4. The van der Waals surface area contributed by atoms with Crippen LogP contribution in [0.5, 0.6) is 0 Å². The maximum absolute atomic E-state index is 12.6. The van der Waals surface area contributed by atoms with Gasteiger partial charge < -0.3 is 10.4 Å². The van der Waals surface area contributed by atoms with Crippen LogP contribution in [0.25, 0.3) is 0 Å². The number of amides is 1. The van der Waals surface area contributed by atoms with Gasteiger partial charge in [-0.2, -0.15) is 0 Å². The molecule has 0 bridgehead atoms. The third-order valence-electron chi connectivity index (χ3n) is 5.04. The van der Waals surface area contributed by atoms with E-state index in [1.165, 1.54) is 24.0 Å². The molecule has 4 nitrogen and oxygen atoms in total. The number of nitrogens with one attached hydrogen (secondary N) is 1. The molecule has 2 aliphatic rings. The third-order valence-corrected chi connectivity index (χ3v) is 5.04. The van der Waals surface area contributed by atoms with Gasteiger partial charge in [0.25, 0.3) is 5.91 Å². The van der Waals surface area contributed by atoms with Crippen molar-refractivity contribution in [1.29, 1.82) is 0 Å². The van der Waals surface area contributed by atoms with Crippen molar-refractivity contribution in [2.75, 3.05) is 0 Å². The van der Waals surface area contributed by atoms with E-state index in [0.29, 0.717) is 5.56 Å². The summed E-state index contributed by atoms with van der Waals surface area (Å²) in [6, 6.07) is 5.93. The fourth-order valence-electron chi connectivity index (χ4n) is 3.87. The molecule has 0 heterocycles. The van der Waals surface area contributed by atoms with Crippen LogP contribution < -0.4 is 5.32 Å². The number of carbonyl (C=O) groups is 2. The van der Waals surface area contributed by atoms with E-state index in [9.17, 15) is 9.59 Å². The molecular weight excluding hydrogens is 278 g/mol. The molecule has 0 aliphatic heterocycles. The topological polar surface area (TPSA) is 66.4 Å². The molecule has 4 heteroatoms. The summed E-state index contributed by atoms with van der Waals surface area (Å²) in [6.07, 6.45) is 8.04. The molecule has 0 unspecified atom stereocenters. The molecule has 1 saturated carbocycles. The Morgan fingerprint density at radius 3 is 2.41 bits per heavy atom. The molecule has 1 amide bonds. The Labute approximate surface area is 130 Å². The molecule has 0 saturated heterocycles. The maximum atomic E-state index is 12.6. The highest BCUT2D eigenvalue weighted by Gasteiger charge is 2.37. The number of carbonyl (C=O) groups excluding carboxylic acids is 1. The molecule has 0 spiro atoms. The summed E-state index contributed by atoms with van der Waals surface area (Å²) in [7, 11) is 0. The smallest absolute Gasteiger partial charge is 0.305 e. The van der Waals surface area contributed by atoms with Crippen molar-refractivity contribution in [2.45, 2.75) is 63.3 Å². The second-order valence-electron chi connectivity index (χ2n) is 6.70. The number of fused-ring (bicyclic) bond motifs is 1. The normalized spacial score (nSPS) is 19.5. The molecule has 0 radical (unpaired) electrons. The van der Waals surface area contributed by atoms with Crippen molar-refractivity contribution >= 4 is 11.9 Å². The number of hydrogen-bond donors (Lipinski definition) is 2. The average Bonchev–Trinajstić information content (AvgIpc) is 2.94. The van der Waals surface area contributed by atoms with Crippen molar-refractivity contribution in [3.05, 3.63) is 34.9 Å². The highest BCUT2D eigenvalue weighted by atomic mass is 16.4. The SMILES string of the molecule is O=C(O)CC1(NC(=O)c2ccc3c(c2)CCCC3)CCCC1. The van der Waals surface area contributed by atoms with E-state index in [0.717, 1.165) is 38.5 Å². The second kappa shape index (κ2) is 6.11. The molecule has 3 rings (SSSR count). The van der Waals surface area contributed by atoms with Gasteiger partial charge in [-0.3, -0.25) is 9.59 Å². The minimum absolute atomic E-state index is 0.0175. The lowest BCUT2D eigenvalue weighted by Crippen LogP contribution is -2.47. The van der Waals surface area contributed by atoms with Gasteiger partial charge in [0, 0.05) is 5.56 Å². The zero-order valence-electron chi connectivity index (χ0n) is 12.9. The van der Waals surface area contributed by atoms with Gasteiger partial charge in [-0.05, 0) is 61.8 Å². The van der Waals surface area contributed by atoms with Gasteiger partial charge in [0.2, 0.25) is 0 Å². The van der Waals surface area contributed by atoms with Gasteiger partial charge in [-0.1, -0.05) is 18.9 Å². The molecule has 2 N–H and O–H groups in total. The van der Waals surface area contributed by atoms with E-state index in [-0.39, 0.29) is 12.3 Å². The summed E-state index contributed by atoms with van der Waals surface area (Å²) >= 11 is 0. The molecule has 1 aromatic carbocycles. The van der Waals surface area contributed by atoms with Gasteiger partial charge >= 0.3 is 5.97 Å². The molecule has 118 valence electrons. The number of aliphatic carboxylic acids is 1. The van der Waals surface area contributed by atoms with Crippen LogP contribution in [-0.4, -0.2) is 22.5 Å². The van der Waals surface area contributed by atoms with E-state index in [2.05, 4.69) is 11.4 Å². The van der Waals surface area contributed by atoms with Crippen LogP contribution in [0.15, 0.2) is 18.2 Å². The number of hydrogen-bond acceptors (Lipinski definition) is 2. The number of carboxylic acid groups (broad SMARTS) is 1. The van der Waals surface area contributed by atoms with Crippen LogP contribution in [-0.2, 0) is 17.6 Å². The minimum atomic E-state index is -0.840. The summed E-state index contributed by atoms with van der Waals surface area (Å²) in [5.74, 6) is -0.968. The molecule has 1 fully saturated rings. The van der Waals surface area contributed by atoms with Crippen molar-refractivity contribution in [1.82, 2.24) is 5.32 Å². The lowest BCUT2D eigenvalue weighted by atomic mass is 9.89. The van der Waals surface area contributed by atoms with Gasteiger partial charge in [-0.25, -0.2) is 0 Å². The monoisotopic (exact) mass is 301 g/mol. The average molecular weight is 301 g/mol. The minimum Gasteiger partial charge on any atom is -0.481 e. The quantitative estimate of drug-likeness (QED) is 0.898. The highest BCUT2D eigenvalue weighted by molar-refractivity contribution is 5.95. The lowest BCUT2D eigenvalue weighted by Gasteiger charge is -2.29. The fraction of sp³-hybridized carbons (Fsp3) is 0.556. The fourth-order valence-corrected chi connectivity index (χ4v) is 3.87. The second-order valence-corrected chi connectivity index (χ2v) is 6.70. The first kappa shape index (κ1) is 15.1. The maximum Gasteiger partial charge on any atom is 0.305 e. The standard InChI is InChI=1S/C18H23NO3/c20-16(21)12-18(9-3-4-10-18)19-17(22)15-8-7-13-5-1-2-6-14(13)11-15/h7-8,11H,1-6,9-10,12H2,(H,19,22)(H,20,21). The van der Waals surface area contributed by atoms with E-state index in [4.69, 9.17) is 5.11 Å². The number of benzene rings is 1. The van der Waals surface area contributed by atoms with E-state index in [1.54, 1.807) is 0 Å². The van der Waals surface area contributed by atoms with Crippen molar-refractivity contribution in [3.63, 3.8) is 0 Å². The van der Waals surface area contributed by atoms with Crippen LogP contribution in [0.4, 0.5) is 0 Å². The Morgan fingerprint density at radius 2 is 1.73 bits per heavy atom. The summed E-state index contributed by atoms with van der Waals surface area (Å²) in [6.45, 7) is 0. The van der Waals surface area contributed by atoms with Gasteiger partial charge in [0.05, 0.1) is 12.0 Å². The number of aryl methyl sites for hydroxylation is 2. The van der Waals surface area contributed by atoms with E-state index >= 15 is 0 Å². The molecule has 2 aliphatic carbocycles. The summed E-state index contributed by atoms with van der Waals surface area (Å²) in [5, 5.41) is 12.2. The van der Waals surface area contributed by atoms with E-state index < -0.39 is 11.5 Å². The molecule has 0 atom stereocenters. The van der Waals surface area contributed by atoms with Gasteiger partial charge in [0.1, 0.15) is 0 Å². The van der Waals surface area contributed by atoms with E-state index in [1.807, 2.05) is 12.1 Å². The van der Waals surface area contributed by atoms with Crippen LogP contribution in [0.1, 0.15) is 66.4 Å². The van der Waals surface area contributed by atoms with Crippen LogP contribution in [0.2, 0.25) is 0 Å². The van der Waals surface area contributed by atoms with Crippen molar-refractivity contribution in [3.8, 4) is 0 Å². The first-order valence-electron chi connectivity index (χ1n) is 8.24. The first-order chi connectivity index (χ1) is 10.6. The largest absolute Gasteiger partial charge is 0.481 e. The Morgan fingerprint density at radius 1 is 1.05 bits per heavy atom. The Hall–Kier alpha value is -1.84. The summed E-state index contributed by atoms with van der Waals surface area (Å²) < 4.78 is 0. The molecule has 0 aromatic heterocycles. The number of carboxylic acids is 1. The highest BCUT2D eigenvalue weighted by Crippen LogP contribution is 2.33. The molecule has 22 heavy (non-hydrogen) atoms. The predicted octanol–water partition coefficient (Wildman–Crippen LogP) is 3.08. The lowest BCUT2D eigenvalue weighted by molar-refractivity contribution is -0.138. The van der Waals surface area contributed by atoms with Crippen LogP contribution in [0, 0.1) is 0 Å². The van der Waals surface area contributed by atoms with Crippen molar-refractivity contribution in [2.24, 2.45) is 0 Å². The van der Waals surface area contributed by atoms with Crippen molar-refractivity contribution < 1.29 is 14.7 Å². The summed E-state index contributed by atoms with van der Waals surface area (Å²) in [5.41, 5.74) is 2.73. The van der Waals surface area contributed by atoms with Gasteiger partial charge in [-0.15, -0.1) is 0 Å². The first-order valence-corrected chi connectivity index (χ1v) is 8.24. The van der Waals surface area contributed by atoms with Crippen LogP contribution in [0.3, 0.4) is 0 Å². The molecular formula is C18H23NO3. The third kappa shape index (κ3) is 3.16. The summed E-state index contributed by atoms with van der Waals surface area (Å²) in [4.78, 5) is 23.7. The van der Waals surface area contributed by atoms with Crippen LogP contribution >= 0.6 is 0 Å². The Kier molecular flexibility index (Phi) is 4.19.